The van der Waals surface area contributed by atoms with Gasteiger partial charge < -0.3 is 20.3 Å². The first kappa shape index (κ1) is 26.4. The Labute approximate surface area is 237 Å². The van der Waals surface area contributed by atoms with E-state index in [2.05, 4.69) is 10.6 Å². The summed E-state index contributed by atoms with van der Waals surface area (Å²) in [5.74, 6) is -2.49. The summed E-state index contributed by atoms with van der Waals surface area (Å²) in [5, 5.41) is 7.17. The molecule has 204 valence electrons. The van der Waals surface area contributed by atoms with Crippen molar-refractivity contribution in [3.8, 4) is 0 Å². The standard InChI is InChI=1S/C30H31Cl2N3O4/c1-17-11-12-20(15-22(17)32)34-27(36)24-23-13-14-30(39-23)25(24)29(38)35(16-18-7-5-6-10-21(18)31)26(30)28(37)33-19-8-3-2-4-9-19/h5-7,10-15,19,23-26H,2-4,8-9,16H2,1H3,(H,33,37)(H,34,36). The zero-order valence-corrected chi connectivity index (χ0v) is 23.2. The number of nitrogens with zero attached hydrogens (tertiary/aromatic N) is 1. The van der Waals surface area contributed by atoms with Gasteiger partial charge in [-0.05, 0) is 49.1 Å². The van der Waals surface area contributed by atoms with E-state index in [-0.39, 0.29) is 30.3 Å². The summed E-state index contributed by atoms with van der Waals surface area (Å²) in [6, 6.07) is 11.7. The molecule has 3 fully saturated rings. The Morgan fingerprint density at radius 3 is 2.56 bits per heavy atom. The number of halogens is 2. The van der Waals surface area contributed by atoms with Gasteiger partial charge in [0.25, 0.3) is 0 Å². The highest BCUT2D eigenvalue weighted by Gasteiger charge is 2.72. The minimum Gasteiger partial charge on any atom is -0.359 e. The van der Waals surface area contributed by atoms with Crippen molar-refractivity contribution >= 4 is 46.6 Å². The molecule has 5 atom stereocenters. The van der Waals surface area contributed by atoms with Crippen LogP contribution in [-0.4, -0.2) is 46.4 Å². The summed E-state index contributed by atoms with van der Waals surface area (Å²) >= 11 is 12.7. The number of rotatable bonds is 6. The highest BCUT2D eigenvalue weighted by atomic mass is 35.5. The van der Waals surface area contributed by atoms with Gasteiger partial charge in [0.15, 0.2) is 0 Å². The number of benzene rings is 2. The van der Waals surface area contributed by atoms with Crippen molar-refractivity contribution in [2.24, 2.45) is 11.8 Å². The molecule has 3 aliphatic heterocycles. The molecule has 39 heavy (non-hydrogen) atoms. The Hall–Kier alpha value is -2.87. The van der Waals surface area contributed by atoms with Gasteiger partial charge in [0, 0.05) is 28.3 Å². The minimum absolute atomic E-state index is 0.0620. The van der Waals surface area contributed by atoms with Gasteiger partial charge in [-0.15, -0.1) is 0 Å². The smallest absolute Gasteiger partial charge is 0.246 e. The maximum Gasteiger partial charge on any atom is 0.246 e. The van der Waals surface area contributed by atoms with E-state index in [1.165, 1.54) is 0 Å². The lowest BCUT2D eigenvalue weighted by molar-refractivity contribution is -0.142. The molecule has 2 saturated heterocycles. The molecule has 1 saturated carbocycles. The fraction of sp³-hybridized carbons (Fsp3) is 0.433. The van der Waals surface area contributed by atoms with Crippen LogP contribution in [0.5, 0.6) is 0 Å². The molecule has 2 aromatic rings. The first-order valence-electron chi connectivity index (χ1n) is 13.6. The first-order valence-corrected chi connectivity index (χ1v) is 14.3. The number of aryl methyl sites for hydroxylation is 1. The van der Waals surface area contributed by atoms with Crippen LogP contribution in [0.1, 0.15) is 43.2 Å². The monoisotopic (exact) mass is 567 g/mol. The topological polar surface area (TPSA) is 87.7 Å². The number of carbonyl (C=O) groups is 3. The molecule has 2 N–H and O–H groups in total. The Morgan fingerprint density at radius 1 is 1.05 bits per heavy atom. The summed E-state index contributed by atoms with van der Waals surface area (Å²) < 4.78 is 6.44. The number of fused-ring (bicyclic) bond motifs is 1. The van der Waals surface area contributed by atoms with Crippen molar-refractivity contribution in [1.29, 1.82) is 0 Å². The van der Waals surface area contributed by atoms with Crippen LogP contribution in [-0.2, 0) is 25.7 Å². The summed E-state index contributed by atoms with van der Waals surface area (Å²) in [6.07, 6.45) is 8.15. The molecule has 1 spiro atoms. The highest BCUT2D eigenvalue weighted by Crippen LogP contribution is 2.55. The van der Waals surface area contributed by atoms with Crippen molar-refractivity contribution in [3.63, 3.8) is 0 Å². The van der Waals surface area contributed by atoms with E-state index >= 15 is 0 Å². The van der Waals surface area contributed by atoms with Crippen molar-refractivity contribution in [1.82, 2.24) is 10.2 Å². The van der Waals surface area contributed by atoms with E-state index in [9.17, 15) is 14.4 Å². The maximum atomic E-state index is 14.1. The van der Waals surface area contributed by atoms with Crippen molar-refractivity contribution in [2.75, 3.05) is 5.32 Å². The van der Waals surface area contributed by atoms with Gasteiger partial charge in [-0.25, -0.2) is 0 Å². The Morgan fingerprint density at radius 2 is 1.82 bits per heavy atom. The second-order valence-corrected chi connectivity index (χ2v) is 11.9. The lowest BCUT2D eigenvalue weighted by atomic mass is 9.74. The molecular weight excluding hydrogens is 537 g/mol. The van der Waals surface area contributed by atoms with Gasteiger partial charge in [-0.2, -0.15) is 0 Å². The van der Waals surface area contributed by atoms with E-state index < -0.39 is 29.6 Å². The molecule has 9 heteroatoms. The largest absolute Gasteiger partial charge is 0.359 e. The zero-order valence-electron chi connectivity index (χ0n) is 21.7. The predicted molar refractivity (Wildman–Crippen MR) is 149 cm³/mol. The summed E-state index contributed by atoms with van der Waals surface area (Å²) in [5.41, 5.74) is 0.941. The normalized spacial score (nSPS) is 29.5. The van der Waals surface area contributed by atoms with Crippen molar-refractivity contribution in [2.45, 2.75) is 69.4 Å². The number of nitrogens with one attached hydrogen (secondary N) is 2. The molecule has 0 aromatic heterocycles. The fourth-order valence-corrected chi connectivity index (χ4v) is 7.05. The van der Waals surface area contributed by atoms with Crippen molar-refractivity contribution < 1.29 is 19.1 Å². The van der Waals surface area contributed by atoms with Crippen LogP contribution in [0, 0.1) is 18.8 Å². The number of carbonyl (C=O) groups excluding carboxylic acids is 3. The summed E-state index contributed by atoms with van der Waals surface area (Å²) in [7, 11) is 0. The third-order valence-electron chi connectivity index (χ3n) is 8.61. The Balaban J connectivity index is 1.33. The second kappa shape index (κ2) is 10.3. The van der Waals surface area contributed by atoms with Crippen LogP contribution in [0.2, 0.25) is 10.0 Å². The van der Waals surface area contributed by atoms with Crippen LogP contribution in [0.4, 0.5) is 5.69 Å². The SMILES string of the molecule is Cc1ccc(NC(=O)C2C3C=CC4(O3)C2C(=O)N(Cc2ccccc2Cl)C4C(=O)NC2CCCCC2)cc1Cl. The third-order valence-corrected chi connectivity index (χ3v) is 9.39. The van der Waals surface area contributed by atoms with Crippen molar-refractivity contribution in [3.05, 3.63) is 75.8 Å². The van der Waals surface area contributed by atoms with Crippen LogP contribution in [0.3, 0.4) is 0 Å². The predicted octanol–water partition coefficient (Wildman–Crippen LogP) is 5.04. The molecule has 3 amide bonds. The van der Waals surface area contributed by atoms with Gasteiger partial charge >= 0.3 is 0 Å². The van der Waals surface area contributed by atoms with E-state index in [0.717, 1.165) is 43.2 Å². The summed E-state index contributed by atoms with van der Waals surface area (Å²) in [6.45, 7) is 2.03. The lowest BCUT2D eigenvalue weighted by Gasteiger charge is -2.34. The second-order valence-electron chi connectivity index (χ2n) is 11.1. The van der Waals surface area contributed by atoms with E-state index in [0.29, 0.717) is 15.7 Å². The van der Waals surface area contributed by atoms with Crippen LogP contribution < -0.4 is 10.6 Å². The van der Waals surface area contributed by atoms with Gasteiger partial charge in [0.05, 0.1) is 17.9 Å². The minimum atomic E-state index is -1.23. The number of ether oxygens (including phenoxy) is 1. The van der Waals surface area contributed by atoms with Crippen LogP contribution in [0.25, 0.3) is 0 Å². The van der Waals surface area contributed by atoms with Gasteiger partial charge in [0.1, 0.15) is 11.6 Å². The molecule has 3 heterocycles. The Bertz CT molecular complexity index is 1360. The quantitative estimate of drug-likeness (QED) is 0.478. The van der Waals surface area contributed by atoms with Crippen LogP contribution >= 0.6 is 23.2 Å². The number of hydrogen-bond donors (Lipinski definition) is 2. The molecule has 1 aliphatic carbocycles. The summed E-state index contributed by atoms with van der Waals surface area (Å²) in [4.78, 5) is 43.3. The van der Waals surface area contributed by atoms with Gasteiger partial charge in [0.2, 0.25) is 17.7 Å². The molecular formula is C30H31Cl2N3O4. The molecule has 0 radical (unpaired) electrons. The van der Waals surface area contributed by atoms with E-state index in [4.69, 9.17) is 27.9 Å². The highest BCUT2D eigenvalue weighted by molar-refractivity contribution is 6.31. The number of anilines is 1. The molecule has 2 aromatic carbocycles. The number of hydrogen-bond acceptors (Lipinski definition) is 4. The lowest BCUT2D eigenvalue weighted by Crippen LogP contribution is -2.56. The average Bonchev–Trinajstić information content (AvgIpc) is 3.56. The fourth-order valence-electron chi connectivity index (χ4n) is 6.67. The zero-order chi connectivity index (χ0) is 27.3. The molecule has 2 bridgehead atoms. The maximum absolute atomic E-state index is 14.1. The first-order chi connectivity index (χ1) is 18.8. The Kier molecular flexibility index (Phi) is 6.94. The molecule has 4 aliphatic rings. The van der Waals surface area contributed by atoms with Gasteiger partial charge in [-0.1, -0.05) is 78.9 Å². The van der Waals surface area contributed by atoms with Gasteiger partial charge in [-0.3, -0.25) is 14.4 Å². The van der Waals surface area contributed by atoms with Crippen LogP contribution in [0.15, 0.2) is 54.6 Å². The molecule has 7 nitrogen and oxygen atoms in total. The third kappa shape index (κ3) is 4.54. The van der Waals surface area contributed by atoms with E-state index in [1.54, 1.807) is 23.1 Å². The van der Waals surface area contributed by atoms with E-state index in [1.807, 2.05) is 43.3 Å². The molecule has 5 unspecified atom stereocenters. The average molecular weight is 569 g/mol. The number of likely N-dealkylation sites (tertiary alicyclic amines) is 1. The molecule has 6 rings (SSSR count). The number of amides is 3.